The molecule has 2 aromatic carbocycles. The Bertz CT molecular complexity index is 988. The average molecular weight is 540 g/mol. The second-order valence-electron chi connectivity index (χ2n) is 7.12. The highest BCUT2D eigenvalue weighted by Gasteiger charge is 2.18. The predicted molar refractivity (Wildman–Crippen MR) is 134 cm³/mol. The number of rotatable bonds is 5. The summed E-state index contributed by atoms with van der Waals surface area (Å²) in [6.45, 7) is 2.30. The summed E-state index contributed by atoms with van der Waals surface area (Å²) in [5, 5.41) is 3.38. The molecule has 0 bridgehead atoms. The molecule has 0 saturated heterocycles. The Morgan fingerprint density at radius 3 is 2.30 bits per heavy atom. The molecule has 1 aliphatic heterocycles. The monoisotopic (exact) mass is 540 g/mol. The minimum absolute atomic E-state index is 0. The molecule has 162 valence electrons. The Hall–Kier alpha value is -1.91. The molecule has 30 heavy (non-hydrogen) atoms. The summed E-state index contributed by atoms with van der Waals surface area (Å²) in [5.74, 6) is 0.846. The van der Waals surface area contributed by atoms with Crippen molar-refractivity contribution in [1.29, 1.82) is 0 Å². The SMILES string of the molecule is CN=C(NCc1ccc(S(=O)(=O)N(C)C)cc1)N1CC=C(c2ccccc2)CC1.I. The fraction of sp³-hybridized carbons (Fsp3) is 0.318. The summed E-state index contributed by atoms with van der Waals surface area (Å²) >= 11 is 0. The predicted octanol–water partition coefficient (Wildman–Crippen LogP) is 3.42. The molecular weight excluding hydrogens is 511 g/mol. The van der Waals surface area contributed by atoms with E-state index in [1.807, 2.05) is 18.2 Å². The van der Waals surface area contributed by atoms with Gasteiger partial charge in [0.1, 0.15) is 0 Å². The number of nitrogens with zero attached hydrogens (tertiary/aromatic N) is 3. The second kappa shape index (κ2) is 10.9. The van der Waals surface area contributed by atoms with Gasteiger partial charge < -0.3 is 10.2 Å². The number of nitrogens with one attached hydrogen (secondary N) is 1. The molecule has 0 amide bonds. The molecule has 8 heteroatoms. The van der Waals surface area contributed by atoms with Crippen LogP contribution < -0.4 is 5.32 Å². The summed E-state index contributed by atoms with van der Waals surface area (Å²) in [4.78, 5) is 6.92. The van der Waals surface area contributed by atoms with Crippen LogP contribution in [-0.2, 0) is 16.6 Å². The molecule has 0 fully saturated rings. The van der Waals surface area contributed by atoms with Gasteiger partial charge in [-0.05, 0) is 35.3 Å². The Morgan fingerprint density at radius 2 is 1.77 bits per heavy atom. The quantitative estimate of drug-likeness (QED) is 0.359. The third-order valence-electron chi connectivity index (χ3n) is 5.02. The fourth-order valence-corrected chi connectivity index (χ4v) is 4.18. The highest BCUT2D eigenvalue weighted by molar-refractivity contribution is 14.0. The normalized spacial score (nSPS) is 14.9. The number of benzene rings is 2. The van der Waals surface area contributed by atoms with Crippen LogP contribution >= 0.6 is 24.0 Å². The van der Waals surface area contributed by atoms with E-state index in [0.717, 1.165) is 31.0 Å². The molecule has 0 saturated carbocycles. The zero-order valence-electron chi connectivity index (χ0n) is 17.6. The van der Waals surface area contributed by atoms with Gasteiger partial charge in [0.25, 0.3) is 0 Å². The topological polar surface area (TPSA) is 65.0 Å². The van der Waals surface area contributed by atoms with Gasteiger partial charge in [0, 0.05) is 40.8 Å². The standard InChI is InChI=1S/C22H28N4O2S.HI/c1-23-22(26-15-13-20(14-16-26)19-7-5-4-6-8-19)24-17-18-9-11-21(12-10-18)29(27,28)25(2)3;/h4-13H,14-17H2,1-3H3,(H,23,24);1H. The van der Waals surface area contributed by atoms with E-state index in [-0.39, 0.29) is 24.0 Å². The maximum atomic E-state index is 12.2. The Balaban J connectivity index is 0.00000320. The maximum absolute atomic E-state index is 12.2. The van der Waals surface area contributed by atoms with E-state index in [0.29, 0.717) is 11.4 Å². The van der Waals surface area contributed by atoms with Crippen LogP contribution in [-0.4, -0.2) is 57.8 Å². The van der Waals surface area contributed by atoms with Crippen LogP contribution in [0.25, 0.3) is 5.57 Å². The van der Waals surface area contributed by atoms with Crippen molar-refractivity contribution in [3.05, 3.63) is 71.8 Å². The summed E-state index contributed by atoms with van der Waals surface area (Å²) in [5.41, 5.74) is 3.65. The molecule has 1 aliphatic rings. The first-order valence-electron chi connectivity index (χ1n) is 9.63. The van der Waals surface area contributed by atoms with Crippen LogP contribution in [0.5, 0.6) is 0 Å². The minimum atomic E-state index is -3.40. The summed E-state index contributed by atoms with van der Waals surface area (Å²) < 4.78 is 25.6. The van der Waals surface area contributed by atoms with Gasteiger partial charge >= 0.3 is 0 Å². The van der Waals surface area contributed by atoms with Crippen LogP contribution in [0.1, 0.15) is 17.5 Å². The lowest BCUT2D eigenvalue weighted by molar-refractivity contribution is 0.440. The highest BCUT2D eigenvalue weighted by atomic mass is 127. The summed E-state index contributed by atoms with van der Waals surface area (Å²) in [7, 11) is 1.45. The molecule has 0 radical (unpaired) electrons. The van der Waals surface area contributed by atoms with E-state index in [9.17, 15) is 8.42 Å². The first-order valence-corrected chi connectivity index (χ1v) is 11.1. The van der Waals surface area contributed by atoms with E-state index < -0.39 is 10.0 Å². The van der Waals surface area contributed by atoms with Crippen molar-refractivity contribution >= 4 is 45.5 Å². The van der Waals surface area contributed by atoms with Crippen LogP contribution in [0.4, 0.5) is 0 Å². The van der Waals surface area contributed by atoms with Gasteiger partial charge in [0.2, 0.25) is 10.0 Å². The van der Waals surface area contributed by atoms with Crippen molar-refractivity contribution in [3.8, 4) is 0 Å². The van der Waals surface area contributed by atoms with E-state index in [4.69, 9.17) is 0 Å². The number of hydrogen-bond acceptors (Lipinski definition) is 3. The number of sulfonamides is 1. The molecule has 0 unspecified atom stereocenters. The second-order valence-corrected chi connectivity index (χ2v) is 9.28. The molecular formula is C22H29IN4O2S. The molecule has 1 N–H and O–H groups in total. The molecule has 6 nitrogen and oxygen atoms in total. The van der Waals surface area contributed by atoms with E-state index >= 15 is 0 Å². The van der Waals surface area contributed by atoms with Crippen molar-refractivity contribution in [2.45, 2.75) is 17.9 Å². The number of hydrogen-bond donors (Lipinski definition) is 1. The largest absolute Gasteiger partial charge is 0.352 e. The van der Waals surface area contributed by atoms with Gasteiger partial charge in [-0.25, -0.2) is 12.7 Å². The number of aliphatic imine (C=N–C) groups is 1. The molecule has 0 spiro atoms. The lowest BCUT2D eigenvalue weighted by Gasteiger charge is -2.30. The highest BCUT2D eigenvalue weighted by Crippen LogP contribution is 2.22. The number of halogens is 1. The first-order chi connectivity index (χ1) is 13.9. The van der Waals surface area contributed by atoms with Gasteiger partial charge in [-0.3, -0.25) is 4.99 Å². The average Bonchev–Trinajstić information content (AvgIpc) is 2.75. The molecule has 0 atom stereocenters. The maximum Gasteiger partial charge on any atom is 0.242 e. The van der Waals surface area contributed by atoms with E-state index in [2.05, 4.69) is 45.6 Å². The molecule has 1 heterocycles. The molecule has 0 aromatic heterocycles. The zero-order valence-corrected chi connectivity index (χ0v) is 20.7. The molecule has 0 aliphatic carbocycles. The Kier molecular flexibility index (Phi) is 8.87. The van der Waals surface area contributed by atoms with Crippen molar-refractivity contribution in [3.63, 3.8) is 0 Å². The van der Waals surface area contributed by atoms with Crippen LogP contribution in [0.3, 0.4) is 0 Å². The van der Waals surface area contributed by atoms with Crippen LogP contribution in [0.15, 0.2) is 70.6 Å². The van der Waals surface area contributed by atoms with Crippen LogP contribution in [0.2, 0.25) is 0 Å². The molecule has 3 rings (SSSR count). The van der Waals surface area contributed by atoms with Crippen molar-refractivity contribution < 1.29 is 8.42 Å². The third-order valence-corrected chi connectivity index (χ3v) is 6.85. The first kappa shape index (κ1) is 24.4. The van der Waals surface area contributed by atoms with Gasteiger partial charge in [0.15, 0.2) is 5.96 Å². The van der Waals surface area contributed by atoms with Crippen molar-refractivity contribution in [2.75, 3.05) is 34.2 Å². The number of guanidine groups is 1. The lowest BCUT2D eigenvalue weighted by Crippen LogP contribution is -2.43. The van der Waals surface area contributed by atoms with Gasteiger partial charge in [-0.1, -0.05) is 48.5 Å². The Morgan fingerprint density at radius 1 is 1.10 bits per heavy atom. The fourth-order valence-electron chi connectivity index (χ4n) is 3.28. The van der Waals surface area contributed by atoms with E-state index in [1.54, 1.807) is 19.2 Å². The third kappa shape index (κ3) is 5.83. The van der Waals surface area contributed by atoms with Crippen molar-refractivity contribution in [1.82, 2.24) is 14.5 Å². The minimum Gasteiger partial charge on any atom is -0.352 e. The smallest absolute Gasteiger partial charge is 0.242 e. The van der Waals surface area contributed by atoms with Crippen LogP contribution in [0, 0.1) is 0 Å². The summed E-state index contributed by atoms with van der Waals surface area (Å²) in [6.07, 6.45) is 3.23. The van der Waals surface area contributed by atoms with Gasteiger partial charge in [-0.15, -0.1) is 24.0 Å². The Labute approximate surface area is 196 Å². The van der Waals surface area contributed by atoms with Gasteiger partial charge in [-0.2, -0.15) is 0 Å². The van der Waals surface area contributed by atoms with Gasteiger partial charge in [0.05, 0.1) is 4.90 Å². The molecule has 2 aromatic rings. The summed E-state index contributed by atoms with van der Waals surface area (Å²) in [6, 6.07) is 17.4. The van der Waals surface area contributed by atoms with Crippen molar-refractivity contribution in [2.24, 2.45) is 4.99 Å². The lowest BCUT2D eigenvalue weighted by atomic mass is 10.00. The zero-order chi connectivity index (χ0) is 20.9. The van der Waals surface area contributed by atoms with E-state index in [1.165, 1.54) is 29.5 Å².